The third kappa shape index (κ3) is 6.32. The third-order valence-electron chi connectivity index (χ3n) is 7.87. The number of benzene rings is 1. The number of piperidine rings is 1. The van der Waals surface area contributed by atoms with Crippen molar-refractivity contribution >= 4 is 35.2 Å². The number of fused-ring (bicyclic) bond motifs is 1. The molecule has 2 aliphatic rings. The van der Waals surface area contributed by atoms with E-state index < -0.39 is 42.6 Å². The smallest absolute Gasteiger partial charge is 0.406 e. The maximum absolute atomic E-state index is 13.2. The predicted molar refractivity (Wildman–Crippen MR) is 139 cm³/mol. The second kappa shape index (κ2) is 11.2. The number of aliphatic hydroxyl groups is 1. The highest BCUT2D eigenvalue weighted by atomic mass is 35.5. The van der Waals surface area contributed by atoms with Gasteiger partial charge in [0.2, 0.25) is 0 Å². The van der Waals surface area contributed by atoms with Crippen molar-refractivity contribution in [1.29, 1.82) is 0 Å². The van der Waals surface area contributed by atoms with Gasteiger partial charge in [0.15, 0.2) is 11.2 Å². The Labute approximate surface area is 236 Å². The number of nitrogen functional groups attached to an aromatic ring is 1. The average molecular weight is 608 g/mol. The van der Waals surface area contributed by atoms with E-state index in [1.807, 2.05) is 6.07 Å². The van der Waals surface area contributed by atoms with Crippen LogP contribution in [-0.4, -0.2) is 62.1 Å². The van der Waals surface area contributed by atoms with Gasteiger partial charge in [-0.25, -0.2) is 9.97 Å². The summed E-state index contributed by atoms with van der Waals surface area (Å²) in [4.78, 5) is 26.8. The van der Waals surface area contributed by atoms with Gasteiger partial charge in [-0.2, -0.15) is 13.2 Å². The number of ether oxygens (including phenoxy) is 1. The van der Waals surface area contributed by atoms with Crippen molar-refractivity contribution < 1.29 is 41.0 Å². The summed E-state index contributed by atoms with van der Waals surface area (Å²) >= 11 is 0. The monoisotopic (exact) mass is 607 g/mol. The van der Waals surface area contributed by atoms with E-state index in [4.69, 9.17) is 10.7 Å². The second-order valence-electron chi connectivity index (χ2n) is 10.4. The number of H-pyrrole nitrogens is 1. The van der Waals surface area contributed by atoms with Crippen molar-refractivity contribution in [3.63, 3.8) is 0 Å². The van der Waals surface area contributed by atoms with Gasteiger partial charge in [-0.05, 0) is 68.2 Å². The van der Waals surface area contributed by atoms with Gasteiger partial charge in [-0.3, -0.25) is 4.79 Å². The molecule has 1 saturated heterocycles. The number of amides is 1. The Kier molecular flexibility index (Phi) is 8.38. The molecule has 1 aromatic carbocycles. The molecule has 5 rings (SSSR count). The van der Waals surface area contributed by atoms with Crippen LogP contribution in [0.15, 0.2) is 30.5 Å². The number of halogens is 7. The lowest BCUT2D eigenvalue weighted by Crippen LogP contribution is -2.47. The molecule has 1 saturated carbocycles. The summed E-state index contributed by atoms with van der Waals surface area (Å²) in [6.07, 6.45) is -7.26. The number of aromatic nitrogens is 3. The number of likely N-dealkylation sites (tertiary alicyclic amines) is 1. The van der Waals surface area contributed by atoms with E-state index in [2.05, 4.69) is 14.7 Å². The summed E-state index contributed by atoms with van der Waals surface area (Å²) < 4.78 is 80.8. The number of carbonyl (C=O) groups excluding carboxylic acids is 1. The Morgan fingerprint density at radius 2 is 1.71 bits per heavy atom. The Morgan fingerprint density at radius 1 is 1.05 bits per heavy atom. The zero-order valence-corrected chi connectivity index (χ0v) is 22.4. The SMILES string of the molecule is Cl.Nc1cc(OC(F)(F)F)ccc1C(=O)N1CCC(c2ccnc3[nH]c(C4CCC(O)(C(F)(F)F)CC4)nc23)CC1. The highest BCUT2D eigenvalue weighted by Gasteiger charge is 2.55. The van der Waals surface area contributed by atoms with Crippen LogP contribution in [0.3, 0.4) is 0 Å². The molecule has 3 aromatic rings. The van der Waals surface area contributed by atoms with E-state index in [-0.39, 0.29) is 48.3 Å². The van der Waals surface area contributed by atoms with Crippen LogP contribution in [0, 0.1) is 0 Å². The van der Waals surface area contributed by atoms with Gasteiger partial charge >= 0.3 is 12.5 Å². The highest BCUT2D eigenvalue weighted by Crippen LogP contribution is 2.46. The quantitative estimate of drug-likeness (QED) is 0.254. The van der Waals surface area contributed by atoms with Crippen LogP contribution in [-0.2, 0) is 0 Å². The Balaban J connectivity index is 0.00000387. The first kappa shape index (κ1) is 30.7. The van der Waals surface area contributed by atoms with Crippen LogP contribution >= 0.6 is 12.4 Å². The number of anilines is 1. The van der Waals surface area contributed by atoms with Crippen LogP contribution < -0.4 is 10.5 Å². The largest absolute Gasteiger partial charge is 0.573 e. The first-order valence-corrected chi connectivity index (χ1v) is 12.8. The molecule has 0 radical (unpaired) electrons. The van der Waals surface area contributed by atoms with Gasteiger partial charge in [0.1, 0.15) is 17.1 Å². The molecule has 15 heteroatoms. The molecule has 224 valence electrons. The predicted octanol–water partition coefficient (Wildman–Crippen LogP) is 5.83. The molecule has 1 aliphatic heterocycles. The van der Waals surface area contributed by atoms with E-state index in [0.29, 0.717) is 42.9 Å². The summed E-state index contributed by atoms with van der Waals surface area (Å²) in [6.45, 7) is 0.757. The lowest BCUT2D eigenvalue weighted by atomic mass is 9.78. The number of hydrogen-bond donors (Lipinski definition) is 3. The number of nitrogens with zero attached hydrogens (tertiary/aromatic N) is 3. The number of hydrogen-bond acceptors (Lipinski definition) is 6. The minimum Gasteiger partial charge on any atom is -0.406 e. The van der Waals surface area contributed by atoms with Crippen molar-refractivity contribution in [2.75, 3.05) is 18.8 Å². The Bertz CT molecular complexity index is 1400. The average Bonchev–Trinajstić information content (AvgIpc) is 3.32. The Morgan fingerprint density at radius 3 is 2.29 bits per heavy atom. The summed E-state index contributed by atoms with van der Waals surface area (Å²) in [5.41, 5.74) is 5.20. The van der Waals surface area contributed by atoms with E-state index in [0.717, 1.165) is 17.7 Å². The fourth-order valence-electron chi connectivity index (χ4n) is 5.62. The fraction of sp³-hybridized carbons (Fsp3) is 0.500. The summed E-state index contributed by atoms with van der Waals surface area (Å²) in [6, 6.07) is 5.06. The van der Waals surface area contributed by atoms with E-state index in [9.17, 15) is 36.2 Å². The third-order valence-corrected chi connectivity index (χ3v) is 7.87. The molecular weight excluding hydrogens is 580 g/mol. The zero-order valence-electron chi connectivity index (χ0n) is 21.6. The number of alkyl halides is 6. The molecular formula is C26H28ClF6N5O3. The first-order valence-electron chi connectivity index (χ1n) is 12.8. The van der Waals surface area contributed by atoms with Crippen LogP contribution in [0.1, 0.15) is 72.1 Å². The standard InChI is InChI=1S/C26H27F6N5O3.ClH/c27-25(28,29)24(39)8-3-15(4-9-24)21-35-20-17(5-10-34-22(20)36-21)14-6-11-37(12-7-14)23(38)18-2-1-16(13-19(18)33)40-26(30,31)32;/h1-2,5,10,13-15,39H,3-4,6-9,11-12,33H2,(H,34,35,36);1H. The molecule has 1 aliphatic carbocycles. The molecule has 2 fully saturated rings. The number of pyridine rings is 1. The number of imidazole rings is 1. The minimum atomic E-state index is -4.87. The molecule has 3 heterocycles. The van der Waals surface area contributed by atoms with Gasteiger partial charge in [0.05, 0.1) is 5.56 Å². The van der Waals surface area contributed by atoms with Crippen LogP contribution in [0.2, 0.25) is 0 Å². The number of nitrogens with one attached hydrogen (secondary N) is 1. The molecule has 2 aromatic heterocycles. The van der Waals surface area contributed by atoms with Gasteiger partial charge in [-0.1, -0.05) is 0 Å². The molecule has 0 atom stereocenters. The summed E-state index contributed by atoms with van der Waals surface area (Å²) in [5, 5.41) is 9.98. The molecule has 0 spiro atoms. The molecule has 1 amide bonds. The van der Waals surface area contributed by atoms with Gasteiger partial charge in [-0.15, -0.1) is 25.6 Å². The first-order chi connectivity index (χ1) is 18.7. The summed E-state index contributed by atoms with van der Waals surface area (Å²) in [5.74, 6) is -0.591. The van der Waals surface area contributed by atoms with Gasteiger partial charge in [0, 0.05) is 37.0 Å². The van der Waals surface area contributed by atoms with Crippen LogP contribution in [0.5, 0.6) is 5.75 Å². The molecule has 41 heavy (non-hydrogen) atoms. The maximum Gasteiger partial charge on any atom is 0.573 e. The number of aromatic amines is 1. The number of rotatable bonds is 4. The van der Waals surface area contributed by atoms with Crippen molar-refractivity contribution in [3.8, 4) is 5.75 Å². The van der Waals surface area contributed by atoms with E-state index >= 15 is 0 Å². The van der Waals surface area contributed by atoms with E-state index in [1.165, 1.54) is 6.07 Å². The topological polar surface area (TPSA) is 117 Å². The molecule has 4 N–H and O–H groups in total. The minimum absolute atomic E-state index is 0. The highest BCUT2D eigenvalue weighted by molar-refractivity contribution is 5.99. The molecule has 8 nitrogen and oxygen atoms in total. The zero-order chi connectivity index (χ0) is 28.9. The van der Waals surface area contributed by atoms with Crippen molar-refractivity contribution in [2.45, 2.75) is 68.5 Å². The number of carbonyl (C=O) groups is 1. The maximum atomic E-state index is 13.2. The van der Waals surface area contributed by atoms with E-state index in [1.54, 1.807) is 11.1 Å². The number of nitrogens with two attached hydrogens (primary N) is 1. The van der Waals surface area contributed by atoms with Crippen molar-refractivity contribution in [2.24, 2.45) is 0 Å². The summed E-state index contributed by atoms with van der Waals surface area (Å²) in [7, 11) is 0. The molecule has 0 bridgehead atoms. The second-order valence-corrected chi connectivity index (χ2v) is 10.4. The lowest BCUT2D eigenvalue weighted by molar-refractivity contribution is -0.274. The van der Waals surface area contributed by atoms with Crippen LogP contribution in [0.25, 0.3) is 11.2 Å². The van der Waals surface area contributed by atoms with Crippen molar-refractivity contribution in [1.82, 2.24) is 19.9 Å². The van der Waals surface area contributed by atoms with Gasteiger partial charge < -0.3 is 25.5 Å². The Hall–Kier alpha value is -3.26. The van der Waals surface area contributed by atoms with Crippen molar-refractivity contribution in [3.05, 3.63) is 47.4 Å². The fourth-order valence-corrected chi connectivity index (χ4v) is 5.62. The normalized spacial score (nSPS) is 22.4. The van der Waals surface area contributed by atoms with Gasteiger partial charge in [0.25, 0.3) is 5.91 Å². The molecule has 0 unspecified atom stereocenters. The lowest BCUT2D eigenvalue weighted by Gasteiger charge is -2.36. The van der Waals surface area contributed by atoms with Crippen LogP contribution in [0.4, 0.5) is 32.0 Å².